The summed E-state index contributed by atoms with van der Waals surface area (Å²) in [6, 6.07) is 34.0. The molecule has 1 saturated heterocycles. The molecule has 1 amide bonds. The highest BCUT2D eigenvalue weighted by Crippen LogP contribution is 2.52. The maximum absolute atomic E-state index is 14.9. The molecule has 67 heavy (non-hydrogen) atoms. The molecule has 6 aromatic rings. The van der Waals surface area contributed by atoms with E-state index >= 15 is 0 Å². The van der Waals surface area contributed by atoms with Gasteiger partial charge in [-0.2, -0.15) is 5.26 Å². The highest BCUT2D eigenvalue weighted by atomic mass is 31.2. The predicted molar refractivity (Wildman–Crippen MR) is 243 cm³/mol. The van der Waals surface area contributed by atoms with Crippen LogP contribution in [0.15, 0.2) is 122 Å². The first-order valence-electron chi connectivity index (χ1n) is 21.5. The van der Waals surface area contributed by atoms with Crippen molar-refractivity contribution < 1.29 is 50.7 Å². The maximum Gasteiger partial charge on any atom is 0.523 e. The fraction of sp³-hybridized carbons (Fsp3) is 0.354. The van der Waals surface area contributed by atoms with Gasteiger partial charge < -0.3 is 33.3 Å². The molecule has 1 N–H and O–H groups in total. The monoisotopic (exact) mass is 941 g/mol. The Labute approximate surface area is 387 Å². The second kappa shape index (κ2) is 21.7. The lowest BCUT2D eigenvalue weighted by molar-refractivity contribution is -0.355. The third-order valence-electron chi connectivity index (χ3n) is 11.0. The lowest BCUT2D eigenvalue weighted by Gasteiger charge is -2.39. The molecular formula is C48H51F3N7O8P. The number of aromatic nitrogens is 4. The van der Waals surface area contributed by atoms with Gasteiger partial charge in [-0.15, -0.1) is 13.2 Å². The van der Waals surface area contributed by atoms with Gasteiger partial charge in [-0.05, 0) is 80.8 Å². The van der Waals surface area contributed by atoms with Gasteiger partial charge in [0.15, 0.2) is 23.2 Å². The number of nitrogens with zero attached hydrogens (tertiary/aromatic N) is 6. The number of rotatable bonds is 20. The topological polar surface area (TPSA) is 164 Å². The van der Waals surface area contributed by atoms with Crippen LogP contribution in [0.5, 0.6) is 11.5 Å². The van der Waals surface area contributed by atoms with Crippen molar-refractivity contribution in [2.24, 2.45) is 0 Å². The van der Waals surface area contributed by atoms with Gasteiger partial charge in [-0.25, -0.2) is 19.6 Å². The van der Waals surface area contributed by atoms with Crippen LogP contribution in [0.1, 0.15) is 67.4 Å². The number of nitriles is 1. The van der Waals surface area contributed by atoms with Crippen molar-refractivity contribution in [3.8, 4) is 17.6 Å². The molecule has 2 aromatic heterocycles. The highest BCUT2D eigenvalue weighted by molar-refractivity contribution is 7.44. The van der Waals surface area contributed by atoms with E-state index in [4.69, 9.17) is 32.7 Å². The first-order valence-corrected chi connectivity index (χ1v) is 22.6. The van der Waals surface area contributed by atoms with Crippen LogP contribution in [0.4, 0.5) is 19.0 Å². The Morgan fingerprint density at radius 1 is 0.836 bits per heavy atom. The van der Waals surface area contributed by atoms with E-state index in [0.717, 1.165) is 6.33 Å². The molecule has 0 spiro atoms. The molecular weight excluding hydrogens is 891 g/mol. The van der Waals surface area contributed by atoms with E-state index in [2.05, 4.69) is 26.3 Å². The number of methoxy groups -OCH3 is 2. The summed E-state index contributed by atoms with van der Waals surface area (Å²) in [6.07, 6.45) is -9.18. The Bertz CT molecular complexity index is 2530. The van der Waals surface area contributed by atoms with Crippen molar-refractivity contribution in [3.63, 3.8) is 0 Å². The van der Waals surface area contributed by atoms with Crippen LogP contribution < -0.4 is 14.8 Å². The van der Waals surface area contributed by atoms with Crippen molar-refractivity contribution in [1.29, 1.82) is 5.26 Å². The molecule has 0 radical (unpaired) electrons. The predicted octanol–water partition coefficient (Wildman–Crippen LogP) is 9.57. The molecule has 19 heteroatoms. The van der Waals surface area contributed by atoms with E-state index in [1.54, 1.807) is 68.8 Å². The first-order chi connectivity index (χ1) is 32.3. The third kappa shape index (κ3) is 11.1. The average molecular weight is 942 g/mol. The number of halogens is 3. The smallest absolute Gasteiger partial charge is 0.497 e. The number of carbonyl (C=O) groups is 1. The van der Waals surface area contributed by atoms with E-state index in [1.165, 1.54) is 10.9 Å². The van der Waals surface area contributed by atoms with Crippen LogP contribution in [0.2, 0.25) is 0 Å². The second-order valence-corrected chi connectivity index (χ2v) is 17.3. The zero-order chi connectivity index (χ0) is 47.7. The number of fused-ring (bicyclic) bond motifs is 1. The van der Waals surface area contributed by atoms with Crippen molar-refractivity contribution in [3.05, 3.63) is 144 Å². The molecule has 0 aliphatic carbocycles. The van der Waals surface area contributed by atoms with Crippen molar-refractivity contribution >= 4 is 31.4 Å². The van der Waals surface area contributed by atoms with Crippen LogP contribution >= 0.6 is 8.53 Å². The number of alkyl halides is 3. The molecule has 5 atom stereocenters. The van der Waals surface area contributed by atoms with Gasteiger partial charge in [0.05, 0.1) is 46.3 Å². The molecule has 15 nitrogen and oxygen atoms in total. The molecule has 0 bridgehead atoms. The summed E-state index contributed by atoms with van der Waals surface area (Å²) in [5.41, 5.74) is 1.06. The molecule has 4 aromatic carbocycles. The fourth-order valence-electron chi connectivity index (χ4n) is 8.05. The number of benzene rings is 4. The number of carbonyl (C=O) groups excluding carboxylic acids is 1. The number of hydrogen-bond donors (Lipinski definition) is 1. The Kier molecular flexibility index (Phi) is 15.9. The minimum Gasteiger partial charge on any atom is -0.497 e. The Morgan fingerprint density at radius 3 is 1.97 bits per heavy atom. The summed E-state index contributed by atoms with van der Waals surface area (Å²) in [4.78, 5) is 26.3. The van der Waals surface area contributed by atoms with Crippen molar-refractivity contribution in [2.75, 3.05) is 32.8 Å². The van der Waals surface area contributed by atoms with Crippen LogP contribution in [0, 0.1) is 11.3 Å². The van der Waals surface area contributed by atoms with Crippen LogP contribution in [-0.4, -0.2) is 94.3 Å². The summed E-state index contributed by atoms with van der Waals surface area (Å²) in [5, 5.41) is 12.2. The van der Waals surface area contributed by atoms with Gasteiger partial charge in [0.2, 0.25) is 0 Å². The Morgan fingerprint density at radius 2 is 1.42 bits per heavy atom. The van der Waals surface area contributed by atoms with E-state index in [1.807, 2.05) is 87.0 Å². The van der Waals surface area contributed by atoms with Gasteiger partial charge >= 0.3 is 6.36 Å². The molecule has 7 rings (SSSR count). The Hall–Kier alpha value is -6.03. The zero-order valence-corrected chi connectivity index (χ0v) is 38.6. The molecule has 3 heterocycles. The summed E-state index contributed by atoms with van der Waals surface area (Å²) < 4.78 is 91.0. The summed E-state index contributed by atoms with van der Waals surface area (Å²) in [5.74, 6) is 0.706. The molecule has 1 aliphatic rings. The molecule has 1 fully saturated rings. The number of ether oxygens (including phenoxy) is 5. The summed E-state index contributed by atoms with van der Waals surface area (Å²) >= 11 is 0. The summed E-state index contributed by atoms with van der Waals surface area (Å²) in [6.45, 7) is 7.20. The lowest BCUT2D eigenvalue weighted by Crippen LogP contribution is -2.44. The largest absolute Gasteiger partial charge is 0.523 e. The molecule has 352 valence electrons. The normalized spacial score (nSPS) is 18.1. The average Bonchev–Trinajstić information content (AvgIpc) is 3.90. The minimum atomic E-state index is -5.20. The molecule has 1 aliphatic heterocycles. The van der Waals surface area contributed by atoms with Crippen LogP contribution in [0.3, 0.4) is 0 Å². The SMILES string of the molecule is COc1ccc(C(OC[C@H]2O[C@@H](n3cnc4c(NC(=O)c5ccccc5)ncnc43)C(OC(F)(F)F)[C@H]2OP(OCCC#N)N(C(C)C)C(C)C)(c2ccccc2)c2ccc(OC)cc2)cc1. The maximum atomic E-state index is 14.9. The number of anilines is 1. The van der Waals surface area contributed by atoms with Gasteiger partial charge in [-0.3, -0.25) is 14.1 Å². The fourth-order valence-corrected chi connectivity index (χ4v) is 9.82. The van der Waals surface area contributed by atoms with E-state index < -0.39 is 50.9 Å². The van der Waals surface area contributed by atoms with Crippen molar-refractivity contribution in [1.82, 2.24) is 24.2 Å². The quantitative estimate of drug-likeness (QED) is 0.0438. The van der Waals surface area contributed by atoms with Gasteiger partial charge in [0, 0.05) is 17.6 Å². The van der Waals surface area contributed by atoms with Gasteiger partial charge in [-0.1, -0.05) is 72.8 Å². The standard InChI is InChI=1S/C48H51F3N7O8P/c1-31(2)58(32(3)4)67(63-27-13-26-52)66-41-39(28-62-47(34-16-11-8-12-17-34,35-18-22-37(60-5)23-19-35)36-20-24-38(61-6)25-21-36)64-46(42(41)65-48(49,50)51)57-30-55-40-43(53-29-54-44(40)57)56-45(59)33-14-9-7-10-15-33/h7-12,14-25,29-32,39,41-42,46H,13,27-28H2,1-6H3,(H,53,54,56,59)/t39-,41+,42?,46-,67?/m1/s1. The number of nitrogens with one attached hydrogen (secondary N) is 1. The second-order valence-electron chi connectivity index (χ2n) is 15.9. The van der Waals surface area contributed by atoms with E-state index in [-0.39, 0.29) is 48.7 Å². The van der Waals surface area contributed by atoms with Crippen molar-refractivity contribution in [2.45, 2.75) is 82.7 Å². The molecule has 0 saturated carbocycles. The van der Waals surface area contributed by atoms with Crippen LogP contribution in [-0.2, 0) is 28.9 Å². The third-order valence-corrected chi connectivity index (χ3v) is 13.1. The highest BCUT2D eigenvalue weighted by Gasteiger charge is 2.55. The minimum absolute atomic E-state index is 0.00176. The lowest BCUT2D eigenvalue weighted by atomic mass is 9.80. The van der Waals surface area contributed by atoms with Crippen LogP contribution in [0.25, 0.3) is 11.2 Å². The zero-order valence-electron chi connectivity index (χ0n) is 37.7. The number of imidazole rings is 1. The number of amides is 1. The van der Waals surface area contributed by atoms with E-state index in [0.29, 0.717) is 33.8 Å². The molecule has 2 unspecified atom stereocenters. The number of hydrogen-bond acceptors (Lipinski definition) is 13. The Balaban J connectivity index is 1.37. The summed E-state index contributed by atoms with van der Waals surface area (Å²) in [7, 11) is 0.939. The van der Waals surface area contributed by atoms with Gasteiger partial charge in [0.25, 0.3) is 14.4 Å². The van der Waals surface area contributed by atoms with Gasteiger partial charge in [0.1, 0.15) is 41.7 Å². The first kappa shape index (κ1) is 48.9. The van der Waals surface area contributed by atoms with E-state index in [9.17, 15) is 23.2 Å².